The Morgan fingerprint density at radius 3 is 1.78 bits per heavy atom. The highest BCUT2D eigenvalue weighted by Gasteiger charge is 2.34. The zero-order chi connectivity index (χ0) is 38.2. The highest BCUT2D eigenvalue weighted by atomic mass is 16.3. The smallest absolute Gasteiger partial charge is 0.160 e. The number of benzene rings is 7. The molecule has 1 aromatic heterocycles. The maximum absolute atomic E-state index is 6.86. The van der Waals surface area contributed by atoms with Gasteiger partial charge in [0.2, 0.25) is 0 Å². The van der Waals surface area contributed by atoms with Crippen LogP contribution in [-0.2, 0) is 6.42 Å². The first-order valence-corrected chi connectivity index (χ1v) is 19.9. The summed E-state index contributed by atoms with van der Waals surface area (Å²) in [4.78, 5) is 12.7. The number of fused-ring (bicyclic) bond motifs is 9. The van der Waals surface area contributed by atoms with E-state index in [1.807, 2.05) is 6.07 Å². The summed E-state index contributed by atoms with van der Waals surface area (Å²) < 4.78 is 6.86. The lowest BCUT2D eigenvalue weighted by molar-refractivity contribution is 0.517. The standard InChI is InChI=1S/C54H35N3O/c1-3-11-34(12-4-1)36-19-25-39(26-20-36)57(40-27-21-37(22-28-40)35-13-5-2-6-14-35)41-29-23-38(24-30-41)46-33-47-44-32-31-43-42-15-7-9-17-48(42)55-51(43)53(44)58-54(47)52-50(46)45-16-8-10-18-49(45)56-52/h1-31,33,46H,32H2. The molecule has 0 bridgehead atoms. The van der Waals surface area contributed by atoms with Gasteiger partial charge in [0.25, 0.3) is 0 Å². The number of nitrogens with zero attached hydrogens (tertiary/aromatic N) is 3. The third-order valence-corrected chi connectivity index (χ3v) is 12.0. The van der Waals surface area contributed by atoms with Crippen molar-refractivity contribution in [1.82, 2.24) is 0 Å². The molecular weight excluding hydrogens is 707 g/mol. The van der Waals surface area contributed by atoms with E-state index in [4.69, 9.17) is 14.4 Å². The van der Waals surface area contributed by atoms with Gasteiger partial charge in [-0.15, -0.1) is 0 Å². The minimum Gasteiger partial charge on any atom is -0.452 e. The van der Waals surface area contributed by atoms with Crippen LogP contribution < -0.4 is 26.1 Å². The van der Waals surface area contributed by atoms with Crippen molar-refractivity contribution in [1.29, 1.82) is 0 Å². The molecule has 0 radical (unpaired) electrons. The van der Waals surface area contributed by atoms with Crippen molar-refractivity contribution >= 4 is 51.4 Å². The second-order valence-electron chi connectivity index (χ2n) is 15.2. The Balaban J connectivity index is 0.971. The van der Waals surface area contributed by atoms with Gasteiger partial charge in [-0.25, -0.2) is 9.98 Å². The fraction of sp³-hybridized carbons (Fsp3) is 0.0370. The van der Waals surface area contributed by atoms with Crippen molar-refractivity contribution in [3.05, 3.63) is 232 Å². The van der Waals surface area contributed by atoms with Crippen molar-refractivity contribution in [2.75, 3.05) is 4.90 Å². The molecule has 58 heavy (non-hydrogen) atoms. The van der Waals surface area contributed by atoms with Gasteiger partial charge in [-0.1, -0.05) is 146 Å². The molecule has 3 heterocycles. The highest BCUT2D eigenvalue weighted by molar-refractivity contribution is 6.36. The molecule has 4 heteroatoms. The normalized spacial score (nSPS) is 15.4. The van der Waals surface area contributed by atoms with E-state index < -0.39 is 0 Å². The van der Waals surface area contributed by atoms with Crippen LogP contribution in [0.2, 0.25) is 0 Å². The number of hydrogen-bond donors (Lipinski definition) is 0. The van der Waals surface area contributed by atoms with E-state index in [1.54, 1.807) is 0 Å². The molecule has 2 aliphatic heterocycles. The monoisotopic (exact) mass is 741 g/mol. The van der Waals surface area contributed by atoms with Crippen molar-refractivity contribution < 1.29 is 4.42 Å². The maximum Gasteiger partial charge on any atom is 0.160 e. The van der Waals surface area contributed by atoms with Crippen molar-refractivity contribution in [3.63, 3.8) is 0 Å². The molecule has 0 saturated carbocycles. The first-order valence-electron chi connectivity index (χ1n) is 19.9. The number of allylic oxidation sites excluding steroid dienone is 2. The van der Waals surface area contributed by atoms with E-state index in [0.29, 0.717) is 0 Å². The summed E-state index contributed by atoms with van der Waals surface area (Å²) in [6.45, 7) is 0. The summed E-state index contributed by atoms with van der Waals surface area (Å²) in [6.07, 6.45) is 5.51. The lowest BCUT2D eigenvalue weighted by Crippen LogP contribution is -2.32. The Kier molecular flexibility index (Phi) is 7.32. The number of aliphatic imine (C=N–C) groups is 1. The third-order valence-electron chi connectivity index (χ3n) is 12.0. The zero-order valence-corrected chi connectivity index (χ0v) is 31.5. The molecule has 272 valence electrons. The second kappa shape index (κ2) is 13.0. The minimum atomic E-state index is -0.0116. The van der Waals surface area contributed by atoms with E-state index in [2.05, 4.69) is 193 Å². The lowest BCUT2D eigenvalue weighted by Gasteiger charge is -2.27. The molecule has 8 aromatic rings. The molecule has 4 nitrogen and oxygen atoms in total. The van der Waals surface area contributed by atoms with Gasteiger partial charge in [-0.2, -0.15) is 0 Å². The Morgan fingerprint density at radius 1 is 0.534 bits per heavy atom. The maximum atomic E-state index is 6.86. The zero-order valence-electron chi connectivity index (χ0n) is 31.5. The van der Waals surface area contributed by atoms with E-state index in [1.165, 1.54) is 44.5 Å². The summed E-state index contributed by atoms with van der Waals surface area (Å²) in [7, 11) is 0. The fourth-order valence-electron chi connectivity index (χ4n) is 9.17. The highest BCUT2D eigenvalue weighted by Crippen LogP contribution is 2.42. The van der Waals surface area contributed by atoms with Crippen LogP contribution in [-0.4, -0.2) is 5.71 Å². The SMILES string of the molecule is C1=C2C(=Nc3ccccc32)c2oc3c(c2C1)=CC(c1ccc(N(c2ccc(-c4ccccc4)cc2)c2ccc(-c4ccccc4)cc2)cc1)C1=c2ccccc2=NC=31. The topological polar surface area (TPSA) is 41.1 Å². The van der Waals surface area contributed by atoms with Crippen LogP contribution in [0.1, 0.15) is 28.4 Å². The average molecular weight is 742 g/mol. The van der Waals surface area contributed by atoms with Gasteiger partial charge in [-0.05, 0) is 82.8 Å². The molecule has 0 fully saturated rings. The summed E-state index contributed by atoms with van der Waals surface area (Å²) in [6, 6.07) is 64.8. The molecule has 1 atom stereocenters. The Bertz CT molecular complexity index is 3180. The van der Waals surface area contributed by atoms with Gasteiger partial charge < -0.3 is 9.32 Å². The molecule has 12 rings (SSSR count). The predicted octanol–water partition coefficient (Wildman–Crippen LogP) is 10.3. The van der Waals surface area contributed by atoms with Crippen LogP contribution in [0.5, 0.6) is 0 Å². The lowest BCUT2D eigenvalue weighted by atomic mass is 9.83. The number of hydrogen-bond acceptors (Lipinski definition) is 4. The van der Waals surface area contributed by atoms with Gasteiger partial charge in [0.05, 0.1) is 11.0 Å². The third kappa shape index (κ3) is 5.15. The van der Waals surface area contributed by atoms with Crippen molar-refractivity contribution in [3.8, 4) is 22.3 Å². The van der Waals surface area contributed by atoms with Gasteiger partial charge >= 0.3 is 0 Å². The number of rotatable bonds is 6. The summed E-state index contributed by atoms with van der Waals surface area (Å²) in [5.41, 5.74) is 17.7. The quantitative estimate of drug-likeness (QED) is 0.170. The number of anilines is 3. The van der Waals surface area contributed by atoms with Gasteiger partial charge in [0.1, 0.15) is 11.4 Å². The van der Waals surface area contributed by atoms with Crippen LogP contribution in [0, 0.1) is 0 Å². The summed E-state index contributed by atoms with van der Waals surface area (Å²) in [5, 5.41) is 3.27. The summed E-state index contributed by atoms with van der Waals surface area (Å²) >= 11 is 0. The van der Waals surface area contributed by atoms with E-state index in [9.17, 15) is 0 Å². The van der Waals surface area contributed by atoms with Gasteiger partial charge in [0.15, 0.2) is 11.2 Å². The van der Waals surface area contributed by atoms with Crippen LogP contribution >= 0.6 is 0 Å². The Morgan fingerprint density at radius 2 is 1.10 bits per heavy atom. The van der Waals surface area contributed by atoms with Crippen LogP contribution in [0.15, 0.2) is 202 Å². The van der Waals surface area contributed by atoms with Crippen molar-refractivity contribution in [2.24, 2.45) is 9.98 Å². The van der Waals surface area contributed by atoms with Crippen molar-refractivity contribution in [2.45, 2.75) is 12.3 Å². The Hall–Kier alpha value is -7.56. The number of para-hydroxylation sites is 2. The second-order valence-corrected chi connectivity index (χ2v) is 15.2. The predicted molar refractivity (Wildman–Crippen MR) is 236 cm³/mol. The number of furan rings is 1. The van der Waals surface area contributed by atoms with Crippen LogP contribution in [0.25, 0.3) is 45.2 Å². The molecule has 7 aromatic carbocycles. The van der Waals surface area contributed by atoms with E-state index >= 15 is 0 Å². The molecule has 0 spiro atoms. The molecule has 0 N–H and O–H groups in total. The fourth-order valence-corrected chi connectivity index (χ4v) is 9.17. The van der Waals surface area contributed by atoms with Gasteiger partial charge in [0, 0.05) is 55.7 Å². The minimum absolute atomic E-state index is 0.0116. The first-order chi connectivity index (χ1) is 28.7. The average Bonchev–Trinajstić information content (AvgIpc) is 3.99. The summed E-state index contributed by atoms with van der Waals surface area (Å²) in [5.74, 6) is 0.860. The molecule has 4 aliphatic rings. The molecule has 0 amide bonds. The van der Waals surface area contributed by atoms with Crippen LogP contribution in [0.4, 0.5) is 22.7 Å². The van der Waals surface area contributed by atoms with E-state index in [0.717, 1.165) is 73.1 Å². The first kappa shape index (κ1) is 32.7. The van der Waals surface area contributed by atoms with E-state index in [-0.39, 0.29) is 5.92 Å². The molecule has 1 unspecified atom stereocenters. The molecular formula is C54H35N3O. The van der Waals surface area contributed by atoms with Gasteiger partial charge in [-0.3, -0.25) is 0 Å². The molecule has 2 aliphatic carbocycles. The Labute approximate surface area is 335 Å². The molecule has 0 saturated heterocycles. The van der Waals surface area contributed by atoms with Crippen LogP contribution in [0.3, 0.4) is 0 Å². The largest absolute Gasteiger partial charge is 0.452 e.